The normalized spacial score (nSPS) is 11.8. The molecule has 0 aliphatic carbocycles. The molecule has 2 aromatic rings. The molecule has 0 fully saturated rings. The Morgan fingerprint density at radius 1 is 1.22 bits per heavy atom. The molecule has 0 bridgehead atoms. The van der Waals surface area contributed by atoms with E-state index in [9.17, 15) is 4.79 Å². The fraction of sp³-hybridized carbons (Fsp3) is 0.200. The van der Waals surface area contributed by atoms with Gasteiger partial charge in [-0.1, -0.05) is 36.4 Å². The van der Waals surface area contributed by atoms with E-state index in [1.807, 2.05) is 49.4 Å². The van der Waals surface area contributed by atoms with Gasteiger partial charge in [0.15, 0.2) is 0 Å². The van der Waals surface area contributed by atoms with Gasteiger partial charge in [0.1, 0.15) is 0 Å². The zero-order valence-corrected chi connectivity index (χ0v) is 10.3. The Hall–Kier alpha value is -2.16. The van der Waals surface area contributed by atoms with E-state index in [-0.39, 0.29) is 11.8 Å². The minimum absolute atomic E-state index is 0.0325. The molecule has 1 unspecified atom stereocenters. The maximum absolute atomic E-state index is 12.0. The summed E-state index contributed by atoms with van der Waals surface area (Å²) in [7, 11) is 0. The number of pyridine rings is 1. The summed E-state index contributed by atoms with van der Waals surface area (Å²) in [6, 6.07) is 13.6. The van der Waals surface area contributed by atoms with Gasteiger partial charge < -0.3 is 5.32 Å². The Balaban J connectivity index is 1.93. The van der Waals surface area contributed by atoms with Crippen LogP contribution in [0, 0.1) is 0 Å². The van der Waals surface area contributed by atoms with Gasteiger partial charge in [0, 0.05) is 18.9 Å². The summed E-state index contributed by atoms with van der Waals surface area (Å²) in [5, 5.41) is 2.92. The second kappa shape index (κ2) is 5.96. The monoisotopic (exact) mass is 240 g/mol. The quantitative estimate of drug-likeness (QED) is 0.892. The van der Waals surface area contributed by atoms with E-state index in [4.69, 9.17) is 0 Å². The van der Waals surface area contributed by atoms with Crippen LogP contribution in [0.2, 0.25) is 0 Å². The highest BCUT2D eigenvalue weighted by atomic mass is 16.1. The maximum atomic E-state index is 12.0. The molecule has 0 saturated carbocycles. The van der Waals surface area contributed by atoms with E-state index in [0.29, 0.717) is 6.54 Å². The molecule has 92 valence electrons. The minimum Gasteiger partial charge on any atom is -0.351 e. The highest BCUT2D eigenvalue weighted by Crippen LogP contribution is 2.14. The molecule has 0 spiro atoms. The van der Waals surface area contributed by atoms with Crippen molar-refractivity contribution in [3.05, 3.63) is 66.0 Å². The topological polar surface area (TPSA) is 42.0 Å². The minimum atomic E-state index is -0.136. The summed E-state index contributed by atoms with van der Waals surface area (Å²) < 4.78 is 0. The molecule has 1 heterocycles. The van der Waals surface area contributed by atoms with Crippen LogP contribution in [0.15, 0.2) is 54.9 Å². The fourth-order valence-corrected chi connectivity index (χ4v) is 1.74. The highest BCUT2D eigenvalue weighted by molar-refractivity contribution is 5.83. The molecule has 1 N–H and O–H groups in total. The van der Waals surface area contributed by atoms with Gasteiger partial charge in [-0.15, -0.1) is 0 Å². The average molecular weight is 240 g/mol. The van der Waals surface area contributed by atoms with Crippen LogP contribution in [0.25, 0.3) is 0 Å². The number of nitrogens with zero attached hydrogens (tertiary/aromatic N) is 1. The van der Waals surface area contributed by atoms with Gasteiger partial charge in [0.2, 0.25) is 5.91 Å². The summed E-state index contributed by atoms with van der Waals surface area (Å²) in [6.07, 6.45) is 3.48. The number of rotatable bonds is 4. The first-order valence-corrected chi connectivity index (χ1v) is 5.99. The summed E-state index contributed by atoms with van der Waals surface area (Å²) in [6.45, 7) is 2.43. The van der Waals surface area contributed by atoms with Crippen LogP contribution in [0.1, 0.15) is 24.0 Å². The lowest BCUT2D eigenvalue weighted by Crippen LogP contribution is -2.27. The standard InChI is InChI=1S/C15H16N2O/c1-12(14-7-3-2-4-8-14)15(18)17-11-13-6-5-9-16-10-13/h2-10,12H,11H2,1H3,(H,17,18). The molecule has 0 saturated heterocycles. The smallest absolute Gasteiger partial charge is 0.227 e. The van der Waals surface area contributed by atoms with Crippen LogP contribution < -0.4 is 5.32 Å². The zero-order valence-electron chi connectivity index (χ0n) is 10.3. The molecular formula is C15H16N2O. The molecule has 0 aliphatic heterocycles. The molecule has 2 rings (SSSR count). The van der Waals surface area contributed by atoms with Crippen molar-refractivity contribution in [3.63, 3.8) is 0 Å². The molecule has 0 radical (unpaired) electrons. The van der Waals surface area contributed by atoms with Crippen LogP contribution in [-0.2, 0) is 11.3 Å². The van der Waals surface area contributed by atoms with Gasteiger partial charge in [-0.3, -0.25) is 9.78 Å². The molecule has 1 aromatic heterocycles. The Labute approximate surface area is 107 Å². The van der Waals surface area contributed by atoms with Crippen LogP contribution in [0.3, 0.4) is 0 Å². The van der Waals surface area contributed by atoms with E-state index < -0.39 is 0 Å². The van der Waals surface area contributed by atoms with E-state index >= 15 is 0 Å². The van der Waals surface area contributed by atoms with Crippen molar-refractivity contribution in [2.24, 2.45) is 0 Å². The van der Waals surface area contributed by atoms with Gasteiger partial charge in [0.05, 0.1) is 5.92 Å². The molecule has 1 aromatic carbocycles. The molecule has 0 aliphatic rings. The van der Waals surface area contributed by atoms with Crippen molar-refractivity contribution in [2.75, 3.05) is 0 Å². The zero-order chi connectivity index (χ0) is 12.8. The van der Waals surface area contributed by atoms with Gasteiger partial charge in [-0.25, -0.2) is 0 Å². The number of benzene rings is 1. The Morgan fingerprint density at radius 2 is 2.00 bits per heavy atom. The second-order valence-electron chi connectivity index (χ2n) is 4.21. The number of hydrogen-bond acceptors (Lipinski definition) is 2. The number of nitrogens with one attached hydrogen (secondary N) is 1. The molecule has 18 heavy (non-hydrogen) atoms. The number of carbonyl (C=O) groups is 1. The predicted octanol–water partition coefficient (Wildman–Crippen LogP) is 2.50. The second-order valence-corrected chi connectivity index (χ2v) is 4.21. The number of carbonyl (C=O) groups excluding carboxylic acids is 1. The highest BCUT2D eigenvalue weighted by Gasteiger charge is 2.13. The first-order chi connectivity index (χ1) is 8.77. The first kappa shape index (κ1) is 12.3. The number of aromatic nitrogens is 1. The predicted molar refractivity (Wildman–Crippen MR) is 70.9 cm³/mol. The third-order valence-corrected chi connectivity index (χ3v) is 2.88. The van der Waals surface area contributed by atoms with Crippen molar-refractivity contribution >= 4 is 5.91 Å². The third-order valence-electron chi connectivity index (χ3n) is 2.88. The van der Waals surface area contributed by atoms with Crippen LogP contribution in [0.4, 0.5) is 0 Å². The Bertz CT molecular complexity index is 496. The van der Waals surface area contributed by atoms with Gasteiger partial charge in [-0.2, -0.15) is 0 Å². The van der Waals surface area contributed by atoms with Gasteiger partial charge in [0.25, 0.3) is 0 Å². The lowest BCUT2D eigenvalue weighted by atomic mass is 10.0. The van der Waals surface area contributed by atoms with Crippen LogP contribution >= 0.6 is 0 Å². The Kier molecular flexibility index (Phi) is 4.07. The lowest BCUT2D eigenvalue weighted by Gasteiger charge is -2.12. The Morgan fingerprint density at radius 3 is 2.67 bits per heavy atom. The number of amides is 1. The van der Waals surface area contributed by atoms with Gasteiger partial charge in [-0.05, 0) is 24.1 Å². The van der Waals surface area contributed by atoms with Crippen molar-refractivity contribution in [1.29, 1.82) is 0 Å². The van der Waals surface area contributed by atoms with Crippen molar-refractivity contribution < 1.29 is 4.79 Å². The lowest BCUT2D eigenvalue weighted by molar-refractivity contribution is -0.122. The van der Waals surface area contributed by atoms with Crippen molar-refractivity contribution in [3.8, 4) is 0 Å². The van der Waals surface area contributed by atoms with E-state index in [1.54, 1.807) is 12.4 Å². The van der Waals surface area contributed by atoms with Crippen molar-refractivity contribution in [2.45, 2.75) is 19.4 Å². The fourth-order valence-electron chi connectivity index (χ4n) is 1.74. The van der Waals surface area contributed by atoms with E-state index in [1.165, 1.54) is 0 Å². The summed E-state index contributed by atoms with van der Waals surface area (Å²) in [5.74, 6) is -0.104. The molecule has 3 heteroatoms. The van der Waals surface area contributed by atoms with E-state index in [2.05, 4.69) is 10.3 Å². The summed E-state index contributed by atoms with van der Waals surface area (Å²) in [4.78, 5) is 16.0. The summed E-state index contributed by atoms with van der Waals surface area (Å²) in [5.41, 5.74) is 2.03. The average Bonchev–Trinajstić information content (AvgIpc) is 2.46. The summed E-state index contributed by atoms with van der Waals surface area (Å²) >= 11 is 0. The molecule has 1 atom stereocenters. The largest absolute Gasteiger partial charge is 0.351 e. The van der Waals surface area contributed by atoms with Crippen molar-refractivity contribution in [1.82, 2.24) is 10.3 Å². The molecule has 3 nitrogen and oxygen atoms in total. The molecular weight excluding hydrogens is 224 g/mol. The maximum Gasteiger partial charge on any atom is 0.227 e. The van der Waals surface area contributed by atoms with E-state index in [0.717, 1.165) is 11.1 Å². The van der Waals surface area contributed by atoms with Crippen LogP contribution in [0.5, 0.6) is 0 Å². The SMILES string of the molecule is CC(C(=O)NCc1cccnc1)c1ccccc1. The first-order valence-electron chi connectivity index (χ1n) is 5.99. The number of hydrogen-bond donors (Lipinski definition) is 1. The van der Waals surface area contributed by atoms with Gasteiger partial charge >= 0.3 is 0 Å². The third kappa shape index (κ3) is 3.17. The molecule has 1 amide bonds. The van der Waals surface area contributed by atoms with Crippen LogP contribution in [-0.4, -0.2) is 10.9 Å².